The minimum atomic E-state index is 0.508. The molecule has 0 atom stereocenters. The van der Waals surface area contributed by atoms with Crippen molar-refractivity contribution in [2.75, 3.05) is 12.0 Å². The average Bonchev–Trinajstić information content (AvgIpc) is 2.88. The van der Waals surface area contributed by atoms with Gasteiger partial charge in [0.1, 0.15) is 0 Å². The zero-order valence-electron chi connectivity index (χ0n) is 7.09. The molecule has 2 nitrogen and oxygen atoms in total. The Balaban J connectivity index is 2.15. The summed E-state index contributed by atoms with van der Waals surface area (Å²) in [6.07, 6.45) is 2.71. The van der Waals surface area contributed by atoms with Gasteiger partial charge < -0.3 is 11.1 Å². The number of anilines is 1. The second-order valence-corrected chi connectivity index (χ2v) is 3.28. The van der Waals surface area contributed by atoms with Gasteiger partial charge in [-0.3, -0.25) is 0 Å². The molecule has 0 radical (unpaired) electrons. The Kier molecular flexibility index (Phi) is 2.00. The number of hydrogen-bond acceptors (Lipinski definition) is 2. The highest BCUT2D eigenvalue weighted by atomic mass is 15.0. The molecule has 0 spiro atoms. The smallest absolute Gasteiger partial charge is 0.0628 e. The van der Waals surface area contributed by atoms with Crippen LogP contribution in [-0.4, -0.2) is 6.67 Å². The van der Waals surface area contributed by atoms with Crippen LogP contribution in [0.2, 0.25) is 0 Å². The van der Waals surface area contributed by atoms with Crippen LogP contribution in [-0.2, 0) is 0 Å². The summed E-state index contributed by atoms with van der Waals surface area (Å²) in [5, 5.41) is 3.11. The van der Waals surface area contributed by atoms with Crippen LogP contribution in [0.3, 0.4) is 0 Å². The van der Waals surface area contributed by atoms with Crippen molar-refractivity contribution in [3.05, 3.63) is 29.8 Å². The third-order valence-electron chi connectivity index (χ3n) is 2.24. The lowest BCUT2D eigenvalue weighted by Crippen LogP contribution is -2.10. The summed E-state index contributed by atoms with van der Waals surface area (Å²) in [6.45, 7) is 0.508. The van der Waals surface area contributed by atoms with E-state index in [0.29, 0.717) is 6.67 Å². The van der Waals surface area contributed by atoms with E-state index >= 15 is 0 Å². The largest absolute Gasteiger partial charge is 0.373 e. The number of nitrogens with two attached hydrogens (primary N) is 1. The lowest BCUT2D eigenvalue weighted by Gasteiger charge is -2.04. The maximum atomic E-state index is 5.39. The van der Waals surface area contributed by atoms with Gasteiger partial charge in [0.2, 0.25) is 0 Å². The van der Waals surface area contributed by atoms with E-state index in [9.17, 15) is 0 Å². The molecule has 0 saturated heterocycles. The fourth-order valence-electron chi connectivity index (χ4n) is 1.44. The van der Waals surface area contributed by atoms with E-state index in [1.165, 1.54) is 18.4 Å². The third-order valence-corrected chi connectivity index (χ3v) is 2.24. The summed E-state index contributed by atoms with van der Waals surface area (Å²) in [5.74, 6) is 0.824. The zero-order valence-corrected chi connectivity index (χ0v) is 7.09. The molecule has 1 saturated carbocycles. The molecule has 64 valence electrons. The fourth-order valence-corrected chi connectivity index (χ4v) is 1.44. The van der Waals surface area contributed by atoms with Gasteiger partial charge in [-0.2, -0.15) is 0 Å². The zero-order chi connectivity index (χ0) is 8.39. The van der Waals surface area contributed by atoms with Crippen LogP contribution >= 0.6 is 0 Å². The topological polar surface area (TPSA) is 38.0 Å². The normalized spacial score (nSPS) is 16.1. The van der Waals surface area contributed by atoms with Gasteiger partial charge >= 0.3 is 0 Å². The minimum Gasteiger partial charge on any atom is -0.373 e. The molecule has 0 heterocycles. The van der Waals surface area contributed by atoms with Crippen molar-refractivity contribution in [3.63, 3.8) is 0 Å². The number of rotatable bonds is 3. The Morgan fingerprint density at radius 1 is 1.42 bits per heavy atom. The molecule has 0 aromatic heterocycles. The number of benzene rings is 1. The van der Waals surface area contributed by atoms with Gasteiger partial charge in [0.15, 0.2) is 0 Å². The van der Waals surface area contributed by atoms with E-state index in [4.69, 9.17) is 5.73 Å². The van der Waals surface area contributed by atoms with E-state index in [2.05, 4.69) is 29.6 Å². The average molecular weight is 162 g/mol. The van der Waals surface area contributed by atoms with Gasteiger partial charge in [0.25, 0.3) is 0 Å². The lowest BCUT2D eigenvalue weighted by atomic mass is 10.1. The predicted molar refractivity (Wildman–Crippen MR) is 51.1 cm³/mol. The summed E-state index contributed by atoms with van der Waals surface area (Å²) >= 11 is 0. The van der Waals surface area contributed by atoms with Crippen LogP contribution in [0.5, 0.6) is 0 Å². The first-order chi connectivity index (χ1) is 5.90. The van der Waals surface area contributed by atoms with Crippen LogP contribution in [0.15, 0.2) is 24.3 Å². The number of nitrogens with one attached hydrogen (secondary N) is 1. The quantitative estimate of drug-likeness (QED) is 0.666. The molecular formula is C10H14N2. The molecule has 2 rings (SSSR count). The van der Waals surface area contributed by atoms with E-state index in [-0.39, 0.29) is 0 Å². The maximum absolute atomic E-state index is 5.39. The van der Waals surface area contributed by atoms with Crippen LogP contribution in [0.25, 0.3) is 0 Å². The summed E-state index contributed by atoms with van der Waals surface area (Å²) < 4.78 is 0. The van der Waals surface area contributed by atoms with Crippen molar-refractivity contribution in [1.29, 1.82) is 0 Å². The molecular weight excluding hydrogens is 148 g/mol. The molecule has 12 heavy (non-hydrogen) atoms. The van der Waals surface area contributed by atoms with Crippen molar-refractivity contribution in [1.82, 2.24) is 0 Å². The van der Waals surface area contributed by atoms with Gasteiger partial charge in [-0.1, -0.05) is 12.1 Å². The summed E-state index contributed by atoms with van der Waals surface area (Å²) in [4.78, 5) is 0. The third kappa shape index (κ3) is 1.59. The first kappa shape index (κ1) is 7.62. The van der Waals surface area contributed by atoms with Crippen LogP contribution < -0.4 is 11.1 Å². The van der Waals surface area contributed by atoms with Gasteiger partial charge in [0, 0.05) is 5.69 Å². The van der Waals surface area contributed by atoms with Crippen LogP contribution in [0, 0.1) is 0 Å². The standard InChI is InChI=1S/C10H14N2/c11-7-12-10-3-1-2-9(6-10)8-4-5-8/h1-3,6,8,12H,4-5,7,11H2. The first-order valence-corrected chi connectivity index (χ1v) is 4.44. The van der Waals surface area contributed by atoms with Crippen molar-refractivity contribution >= 4 is 5.69 Å². The monoisotopic (exact) mass is 162 g/mol. The molecule has 1 fully saturated rings. The van der Waals surface area contributed by atoms with Gasteiger partial charge in [0.05, 0.1) is 6.67 Å². The van der Waals surface area contributed by atoms with Crippen LogP contribution in [0.4, 0.5) is 5.69 Å². The fraction of sp³-hybridized carbons (Fsp3) is 0.400. The highest BCUT2D eigenvalue weighted by molar-refractivity contribution is 5.47. The van der Waals surface area contributed by atoms with Gasteiger partial charge in [-0.25, -0.2) is 0 Å². The SMILES string of the molecule is NCNc1cccc(C2CC2)c1. The Morgan fingerprint density at radius 2 is 2.25 bits per heavy atom. The number of hydrogen-bond donors (Lipinski definition) is 2. The molecule has 1 aromatic rings. The summed E-state index contributed by atoms with van der Waals surface area (Å²) in [7, 11) is 0. The second kappa shape index (κ2) is 3.15. The molecule has 1 aliphatic carbocycles. The predicted octanol–water partition coefficient (Wildman–Crippen LogP) is 1.89. The minimum absolute atomic E-state index is 0.508. The highest BCUT2D eigenvalue weighted by Gasteiger charge is 2.23. The highest BCUT2D eigenvalue weighted by Crippen LogP contribution is 2.40. The Labute approximate surface area is 72.8 Å². The Bertz CT molecular complexity index is 266. The summed E-state index contributed by atoms with van der Waals surface area (Å²) in [5.41, 5.74) is 7.98. The van der Waals surface area contributed by atoms with E-state index in [0.717, 1.165) is 11.6 Å². The van der Waals surface area contributed by atoms with Crippen molar-refractivity contribution in [2.45, 2.75) is 18.8 Å². The van der Waals surface area contributed by atoms with E-state index < -0.39 is 0 Å². The molecule has 0 unspecified atom stereocenters. The van der Waals surface area contributed by atoms with Crippen molar-refractivity contribution in [2.24, 2.45) is 5.73 Å². The van der Waals surface area contributed by atoms with Gasteiger partial charge in [-0.05, 0) is 36.5 Å². The molecule has 0 amide bonds. The summed E-state index contributed by atoms with van der Waals surface area (Å²) in [6, 6.07) is 8.54. The Hall–Kier alpha value is -1.02. The van der Waals surface area contributed by atoms with Crippen molar-refractivity contribution in [3.8, 4) is 0 Å². The molecule has 3 N–H and O–H groups in total. The first-order valence-electron chi connectivity index (χ1n) is 4.44. The molecule has 0 bridgehead atoms. The second-order valence-electron chi connectivity index (χ2n) is 3.28. The van der Waals surface area contributed by atoms with E-state index in [1.54, 1.807) is 0 Å². The molecule has 1 aromatic carbocycles. The Morgan fingerprint density at radius 3 is 2.92 bits per heavy atom. The van der Waals surface area contributed by atoms with Crippen LogP contribution in [0.1, 0.15) is 24.3 Å². The van der Waals surface area contributed by atoms with Crippen molar-refractivity contribution < 1.29 is 0 Å². The molecule has 0 aliphatic heterocycles. The molecule has 1 aliphatic rings. The maximum Gasteiger partial charge on any atom is 0.0628 e. The van der Waals surface area contributed by atoms with E-state index in [1.807, 2.05) is 0 Å². The molecule has 2 heteroatoms. The lowest BCUT2D eigenvalue weighted by molar-refractivity contribution is 1.11. The van der Waals surface area contributed by atoms with Gasteiger partial charge in [-0.15, -0.1) is 0 Å².